The van der Waals surface area contributed by atoms with Gasteiger partial charge in [-0.05, 0) is 61.6 Å². The summed E-state index contributed by atoms with van der Waals surface area (Å²) in [4.78, 5) is 17.4. The Morgan fingerprint density at radius 1 is 0.941 bits per heavy atom. The summed E-state index contributed by atoms with van der Waals surface area (Å²) in [7, 11) is 0. The van der Waals surface area contributed by atoms with Crippen LogP contribution in [0.15, 0.2) is 72.1 Å². The third kappa shape index (κ3) is 4.89. The van der Waals surface area contributed by atoms with E-state index >= 15 is 0 Å². The summed E-state index contributed by atoms with van der Waals surface area (Å²) in [5.41, 5.74) is 6.00. The number of benzene rings is 2. The van der Waals surface area contributed by atoms with E-state index in [1.54, 1.807) is 12.4 Å². The first-order chi connectivity index (χ1) is 16.4. The van der Waals surface area contributed by atoms with E-state index in [1.165, 1.54) is 17.3 Å². The van der Waals surface area contributed by atoms with E-state index in [9.17, 15) is 4.79 Å². The zero-order valence-corrected chi connectivity index (χ0v) is 20.9. The van der Waals surface area contributed by atoms with Crippen LogP contribution in [0.1, 0.15) is 43.4 Å². The molecule has 4 rings (SSSR count). The van der Waals surface area contributed by atoms with Gasteiger partial charge in [-0.15, -0.1) is 10.2 Å². The quantitative estimate of drug-likeness (QED) is 0.325. The van der Waals surface area contributed by atoms with Crippen molar-refractivity contribution in [1.29, 1.82) is 0 Å². The molecule has 0 bridgehead atoms. The molecule has 0 fully saturated rings. The molecule has 0 aliphatic rings. The maximum atomic E-state index is 13.1. The molecule has 1 unspecified atom stereocenters. The number of aromatic nitrogens is 4. The van der Waals surface area contributed by atoms with Gasteiger partial charge in [0.15, 0.2) is 11.0 Å². The molecular formula is C27H29N5OS. The molecule has 0 aliphatic carbocycles. The number of carbonyl (C=O) groups excluding carboxylic acids is 1. The lowest BCUT2D eigenvalue weighted by molar-refractivity contribution is -0.115. The molecule has 7 heteroatoms. The van der Waals surface area contributed by atoms with Crippen molar-refractivity contribution >= 4 is 23.4 Å². The van der Waals surface area contributed by atoms with Gasteiger partial charge in [0, 0.05) is 23.6 Å². The number of hydrogen-bond donors (Lipinski definition) is 1. The molecule has 1 amide bonds. The van der Waals surface area contributed by atoms with Crippen molar-refractivity contribution in [2.75, 3.05) is 5.32 Å². The molecule has 2 aromatic carbocycles. The molecule has 0 radical (unpaired) electrons. The van der Waals surface area contributed by atoms with Crippen LogP contribution >= 0.6 is 11.8 Å². The summed E-state index contributed by atoms with van der Waals surface area (Å²) in [6.07, 6.45) is 3.52. The highest BCUT2D eigenvalue weighted by molar-refractivity contribution is 8.00. The zero-order chi connectivity index (χ0) is 24.2. The second kappa shape index (κ2) is 10.2. The lowest BCUT2D eigenvalue weighted by Gasteiger charge is -2.18. The molecule has 34 heavy (non-hydrogen) atoms. The molecule has 0 spiro atoms. The number of rotatable bonds is 7. The summed E-state index contributed by atoms with van der Waals surface area (Å²) in [5, 5.41) is 12.4. The van der Waals surface area contributed by atoms with Gasteiger partial charge in [0.25, 0.3) is 0 Å². The van der Waals surface area contributed by atoms with Crippen molar-refractivity contribution in [3.05, 3.63) is 83.7 Å². The number of anilines is 1. The van der Waals surface area contributed by atoms with E-state index in [0.29, 0.717) is 16.9 Å². The molecule has 6 nitrogen and oxygen atoms in total. The van der Waals surface area contributed by atoms with Gasteiger partial charge in [0.05, 0.1) is 10.9 Å². The minimum absolute atomic E-state index is 0.0722. The van der Waals surface area contributed by atoms with Gasteiger partial charge in [-0.1, -0.05) is 62.0 Å². The number of aryl methyl sites for hydroxylation is 2. The Morgan fingerprint density at radius 2 is 1.68 bits per heavy atom. The van der Waals surface area contributed by atoms with Crippen molar-refractivity contribution < 1.29 is 4.79 Å². The third-order valence-electron chi connectivity index (χ3n) is 5.73. The second-order valence-electron chi connectivity index (χ2n) is 8.61. The monoisotopic (exact) mass is 471 g/mol. The highest BCUT2D eigenvalue weighted by atomic mass is 32.2. The number of nitrogens with one attached hydrogen (secondary N) is 1. The average Bonchev–Trinajstić information content (AvgIpc) is 3.25. The van der Waals surface area contributed by atoms with Gasteiger partial charge in [-0.25, -0.2) is 0 Å². The predicted octanol–water partition coefficient (Wildman–Crippen LogP) is 6.19. The van der Waals surface area contributed by atoms with Crippen LogP contribution in [0.5, 0.6) is 0 Å². The molecule has 0 aliphatic heterocycles. The fourth-order valence-corrected chi connectivity index (χ4v) is 4.73. The number of thioether (sulfide) groups is 1. The van der Waals surface area contributed by atoms with Crippen LogP contribution in [-0.4, -0.2) is 30.9 Å². The smallest absolute Gasteiger partial charge is 0.237 e. The number of hydrogen-bond acceptors (Lipinski definition) is 5. The topological polar surface area (TPSA) is 72.7 Å². The molecule has 2 aromatic heterocycles. The largest absolute Gasteiger partial charge is 0.325 e. The van der Waals surface area contributed by atoms with E-state index in [2.05, 4.69) is 46.5 Å². The number of para-hydroxylation sites is 2. The van der Waals surface area contributed by atoms with Crippen LogP contribution in [0.4, 0.5) is 5.69 Å². The summed E-state index contributed by atoms with van der Waals surface area (Å²) in [6, 6.07) is 18.1. The van der Waals surface area contributed by atoms with Gasteiger partial charge >= 0.3 is 0 Å². The number of pyridine rings is 1. The first kappa shape index (κ1) is 23.7. The first-order valence-electron chi connectivity index (χ1n) is 11.4. The highest BCUT2D eigenvalue weighted by Gasteiger charge is 2.24. The van der Waals surface area contributed by atoms with Crippen molar-refractivity contribution in [3.63, 3.8) is 0 Å². The molecule has 1 N–H and O–H groups in total. The van der Waals surface area contributed by atoms with Crippen LogP contribution < -0.4 is 5.32 Å². The Kier molecular flexibility index (Phi) is 7.12. The molecule has 174 valence electrons. The maximum absolute atomic E-state index is 13.1. The third-order valence-corrected chi connectivity index (χ3v) is 6.78. The lowest BCUT2D eigenvalue weighted by atomic mass is 10.0. The molecule has 4 aromatic rings. The number of amides is 1. The highest BCUT2D eigenvalue weighted by Crippen LogP contribution is 2.33. The lowest BCUT2D eigenvalue weighted by Crippen LogP contribution is -2.24. The zero-order valence-electron chi connectivity index (χ0n) is 20.1. The molecule has 0 saturated heterocycles. The SMILES string of the molecule is Cc1cccc(C)c1NC(=O)C(C)Sc1nnc(-c2cccnc2)n1-c1ccccc1C(C)C. The van der Waals surface area contributed by atoms with Crippen LogP contribution in [0.2, 0.25) is 0 Å². The average molecular weight is 472 g/mol. The van der Waals surface area contributed by atoms with Crippen LogP contribution in [0.25, 0.3) is 17.1 Å². The molecule has 2 heterocycles. The Bertz CT molecular complexity index is 1280. The Morgan fingerprint density at radius 3 is 2.35 bits per heavy atom. The van der Waals surface area contributed by atoms with Gasteiger partial charge in [0.2, 0.25) is 5.91 Å². The number of carbonyl (C=O) groups is 1. The summed E-state index contributed by atoms with van der Waals surface area (Å²) in [5.74, 6) is 0.936. The molecular weight excluding hydrogens is 442 g/mol. The summed E-state index contributed by atoms with van der Waals surface area (Å²) >= 11 is 1.40. The van der Waals surface area contributed by atoms with Crippen molar-refractivity contribution in [3.8, 4) is 17.1 Å². The standard InChI is InChI=1S/C27H29N5OS/c1-17(2)22-13-6-7-14-23(22)32-25(21-12-9-15-28-16-21)30-31-27(32)34-20(5)26(33)29-24-18(3)10-8-11-19(24)4/h6-17,20H,1-5H3,(H,29,33). The van der Waals surface area contributed by atoms with E-state index in [0.717, 1.165) is 28.1 Å². The fourth-order valence-electron chi connectivity index (χ4n) is 3.87. The Hall–Kier alpha value is -3.45. The Labute approximate surface area is 204 Å². The maximum Gasteiger partial charge on any atom is 0.237 e. The summed E-state index contributed by atoms with van der Waals surface area (Å²) in [6.45, 7) is 10.2. The van der Waals surface area contributed by atoms with E-state index in [4.69, 9.17) is 0 Å². The molecule has 1 atom stereocenters. The van der Waals surface area contributed by atoms with E-state index in [-0.39, 0.29) is 11.2 Å². The van der Waals surface area contributed by atoms with E-state index in [1.807, 2.05) is 67.8 Å². The first-order valence-corrected chi connectivity index (χ1v) is 12.2. The van der Waals surface area contributed by atoms with Gasteiger partial charge < -0.3 is 5.32 Å². The van der Waals surface area contributed by atoms with Crippen LogP contribution in [0, 0.1) is 13.8 Å². The number of nitrogens with zero attached hydrogens (tertiary/aromatic N) is 4. The predicted molar refractivity (Wildman–Crippen MR) is 139 cm³/mol. The minimum Gasteiger partial charge on any atom is -0.325 e. The normalized spacial score (nSPS) is 12.1. The van der Waals surface area contributed by atoms with Gasteiger partial charge in [0.1, 0.15) is 0 Å². The Balaban J connectivity index is 1.71. The van der Waals surface area contributed by atoms with Gasteiger partial charge in [-0.2, -0.15) is 0 Å². The van der Waals surface area contributed by atoms with Crippen molar-refractivity contribution in [1.82, 2.24) is 19.7 Å². The van der Waals surface area contributed by atoms with Crippen LogP contribution in [-0.2, 0) is 4.79 Å². The fraction of sp³-hybridized carbons (Fsp3) is 0.259. The van der Waals surface area contributed by atoms with Crippen molar-refractivity contribution in [2.24, 2.45) is 0 Å². The summed E-state index contributed by atoms with van der Waals surface area (Å²) < 4.78 is 2.04. The van der Waals surface area contributed by atoms with Crippen molar-refractivity contribution in [2.45, 2.75) is 50.9 Å². The molecule has 0 saturated carbocycles. The van der Waals surface area contributed by atoms with Crippen LogP contribution in [0.3, 0.4) is 0 Å². The second-order valence-corrected chi connectivity index (χ2v) is 9.92. The van der Waals surface area contributed by atoms with Gasteiger partial charge in [-0.3, -0.25) is 14.3 Å². The minimum atomic E-state index is -0.380. The van der Waals surface area contributed by atoms with E-state index < -0.39 is 0 Å².